The summed E-state index contributed by atoms with van der Waals surface area (Å²) in [6.07, 6.45) is 0.699. The van der Waals surface area contributed by atoms with Crippen molar-refractivity contribution in [3.63, 3.8) is 0 Å². The smallest absolute Gasteiger partial charge is 0.303 e. The van der Waals surface area contributed by atoms with E-state index in [0.29, 0.717) is 19.6 Å². The van der Waals surface area contributed by atoms with Gasteiger partial charge in [0.05, 0.1) is 13.2 Å². The highest BCUT2D eigenvalue weighted by Gasteiger charge is 2.23. The molecule has 0 aliphatic carbocycles. The Morgan fingerprint density at radius 3 is 1.62 bits per heavy atom. The Kier molecular flexibility index (Phi) is 5.28. The molecule has 0 spiro atoms. The molecule has 0 radical (unpaired) electrons. The highest BCUT2D eigenvalue weighted by atomic mass is 31.2. The standard InChI is InChI=1S/C3H7O4P.H3O4P/c4-8(5)6-2-1-3-7-8;1-5(2,3)4/h1-3H2,(H,4,5);(H3,1,2,3,4). The molecule has 10 heteroatoms. The van der Waals surface area contributed by atoms with Crippen LogP contribution < -0.4 is 0 Å². The topological polar surface area (TPSA) is 134 Å². The lowest BCUT2D eigenvalue weighted by atomic mass is 10.5. The van der Waals surface area contributed by atoms with E-state index in [4.69, 9.17) is 24.1 Å². The van der Waals surface area contributed by atoms with Crippen LogP contribution >= 0.6 is 15.6 Å². The zero-order chi connectivity index (χ0) is 10.5. The van der Waals surface area contributed by atoms with Gasteiger partial charge in [0, 0.05) is 0 Å². The predicted octanol–water partition coefficient (Wildman–Crippen LogP) is -0.405. The molecule has 1 rings (SSSR count). The Bertz CT molecular complexity index is 213. The quantitative estimate of drug-likeness (QED) is 0.417. The highest BCUT2D eigenvalue weighted by Crippen LogP contribution is 2.45. The van der Waals surface area contributed by atoms with Crippen molar-refractivity contribution >= 4 is 15.6 Å². The van der Waals surface area contributed by atoms with E-state index in [-0.39, 0.29) is 0 Å². The first-order valence-corrected chi connectivity index (χ1v) is 6.17. The van der Waals surface area contributed by atoms with Crippen molar-refractivity contribution in [3.05, 3.63) is 0 Å². The monoisotopic (exact) mass is 236 g/mol. The van der Waals surface area contributed by atoms with Crippen LogP contribution in [0.2, 0.25) is 0 Å². The van der Waals surface area contributed by atoms with E-state index in [2.05, 4.69) is 9.05 Å². The molecule has 13 heavy (non-hydrogen) atoms. The Labute approximate surface area is 74.0 Å². The summed E-state index contributed by atoms with van der Waals surface area (Å²) < 4.78 is 27.9. The van der Waals surface area contributed by atoms with Gasteiger partial charge in [-0.05, 0) is 6.42 Å². The zero-order valence-electron chi connectivity index (χ0n) is 6.44. The minimum absolute atomic E-state index is 0.327. The molecule has 0 saturated carbocycles. The van der Waals surface area contributed by atoms with Crippen LogP contribution in [0.25, 0.3) is 0 Å². The number of hydrogen-bond donors (Lipinski definition) is 4. The van der Waals surface area contributed by atoms with Gasteiger partial charge in [-0.3, -0.25) is 9.05 Å². The van der Waals surface area contributed by atoms with Crippen LogP contribution in [0.4, 0.5) is 0 Å². The molecule has 1 aliphatic heterocycles. The molecule has 0 unspecified atom stereocenters. The molecular formula is C3H10O8P2. The lowest BCUT2D eigenvalue weighted by molar-refractivity contribution is 0.102. The second-order valence-corrected chi connectivity index (χ2v) is 4.48. The van der Waals surface area contributed by atoms with Crippen LogP contribution in [-0.4, -0.2) is 32.8 Å². The fourth-order valence-corrected chi connectivity index (χ4v) is 1.25. The third kappa shape index (κ3) is 12.2. The zero-order valence-corrected chi connectivity index (χ0v) is 8.23. The summed E-state index contributed by atoms with van der Waals surface area (Å²) in [5.74, 6) is 0. The summed E-state index contributed by atoms with van der Waals surface area (Å²) in [6.45, 7) is 0.654. The summed E-state index contributed by atoms with van der Waals surface area (Å²) >= 11 is 0. The van der Waals surface area contributed by atoms with Gasteiger partial charge >= 0.3 is 15.6 Å². The first-order chi connectivity index (χ1) is 5.71. The van der Waals surface area contributed by atoms with Crippen molar-refractivity contribution in [1.82, 2.24) is 0 Å². The van der Waals surface area contributed by atoms with Crippen LogP contribution in [0.1, 0.15) is 6.42 Å². The SMILES string of the molecule is O=P(O)(O)O.O=P1(O)OCCCO1. The number of phosphoric acid groups is 2. The van der Waals surface area contributed by atoms with Crippen LogP contribution in [0, 0.1) is 0 Å². The van der Waals surface area contributed by atoms with Gasteiger partial charge in [-0.15, -0.1) is 0 Å². The molecule has 1 saturated heterocycles. The van der Waals surface area contributed by atoms with E-state index in [0.717, 1.165) is 0 Å². The average Bonchev–Trinajstić information content (AvgIpc) is 1.82. The van der Waals surface area contributed by atoms with Crippen molar-refractivity contribution in [2.45, 2.75) is 6.42 Å². The van der Waals surface area contributed by atoms with E-state index in [9.17, 15) is 4.57 Å². The predicted molar refractivity (Wildman–Crippen MR) is 40.6 cm³/mol. The van der Waals surface area contributed by atoms with Gasteiger partial charge in [0.2, 0.25) is 0 Å². The Balaban J connectivity index is 0.000000252. The van der Waals surface area contributed by atoms with Crippen molar-refractivity contribution in [2.24, 2.45) is 0 Å². The number of phosphoric ester groups is 1. The molecule has 0 amide bonds. The summed E-state index contributed by atoms with van der Waals surface area (Å²) in [4.78, 5) is 30.0. The number of rotatable bonds is 0. The fraction of sp³-hybridized carbons (Fsp3) is 1.00. The molecule has 0 aromatic carbocycles. The lowest BCUT2D eigenvalue weighted by Gasteiger charge is -2.16. The first-order valence-electron chi connectivity index (χ1n) is 3.11. The lowest BCUT2D eigenvalue weighted by Crippen LogP contribution is -2.06. The van der Waals surface area contributed by atoms with E-state index < -0.39 is 15.6 Å². The van der Waals surface area contributed by atoms with Crippen molar-refractivity contribution in [1.29, 1.82) is 0 Å². The van der Waals surface area contributed by atoms with Gasteiger partial charge in [-0.25, -0.2) is 9.13 Å². The third-order valence-electron chi connectivity index (χ3n) is 0.798. The van der Waals surface area contributed by atoms with Crippen LogP contribution in [0.3, 0.4) is 0 Å². The molecule has 0 aromatic rings. The molecule has 8 nitrogen and oxygen atoms in total. The van der Waals surface area contributed by atoms with Crippen molar-refractivity contribution < 1.29 is 37.8 Å². The summed E-state index contributed by atoms with van der Waals surface area (Å²) in [6, 6.07) is 0. The van der Waals surface area contributed by atoms with Crippen molar-refractivity contribution in [3.8, 4) is 0 Å². The van der Waals surface area contributed by atoms with Gasteiger partial charge < -0.3 is 19.6 Å². The van der Waals surface area contributed by atoms with Crippen LogP contribution in [0.15, 0.2) is 0 Å². The largest absolute Gasteiger partial charge is 0.472 e. The maximum absolute atomic E-state index is 10.3. The normalized spacial score (nSPS) is 21.5. The highest BCUT2D eigenvalue weighted by molar-refractivity contribution is 7.47. The van der Waals surface area contributed by atoms with Gasteiger partial charge in [-0.2, -0.15) is 0 Å². The average molecular weight is 236 g/mol. The molecule has 0 bridgehead atoms. The summed E-state index contributed by atoms with van der Waals surface area (Å²) in [5, 5.41) is 0. The second kappa shape index (κ2) is 5.19. The van der Waals surface area contributed by atoms with Gasteiger partial charge in [0.25, 0.3) is 0 Å². The summed E-state index contributed by atoms with van der Waals surface area (Å²) in [5.41, 5.74) is 0. The molecule has 0 atom stereocenters. The van der Waals surface area contributed by atoms with E-state index in [1.165, 1.54) is 0 Å². The van der Waals surface area contributed by atoms with Gasteiger partial charge in [0.1, 0.15) is 0 Å². The molecule has 1 fully saturated rings. The third-order valence-corrected chi connectivity index (χ3v) is 1.82. The molecule has 0 aromatic heterocycles. The maximum Gasteiger partial charge on any atom is 0.472 e. The molecule has 1 heterocycles. The van der Waals surface area contributed by atoms with E-state index >= 15 is 0 Å². The minimum Gasteiger partial charge on any atom is -0.303 e. The summed E-state index contributed by atoms with van der Waals surface area (Å²) in [7, 11) is -8.23. The molecule has 80 valence electrons. The molecule has 4 N–H and O–H groups in total. The van der Waals surface area contributed by atoms with Crippen molar-refractivity contribution in [2.75, 3.05) is 13.2 Å². The fourth-order valence-electron chi connectivity index (χ4n) is 0.456. The van der Waals surface area contributed by atoms with E-state index in [1.807, 2.05) is 0 Å². The van der Waals surface area contributed by atoms with Crippen LogP contribution in [-0.2, 0) is 18.2 Å². The Morgan fingerprint density at radius 2 is 1.46 bits per heavy atom. The van der Waals surface area contributed by atoms with Gasteiger partial charge in [-0.1, -0.05) is 0 Å². The second-order valence-electron chi connectivity index (χ2n) is 2.00. The van der Waals surface area contributed by atoms with E-state index in [1.54, 1.807) is 0 Å². The van der Waals surface area contributed by atoms with Crippen LogP contribution in [0.5, 0.6) is 0 Å². The maximum atomic E-state index is 10.3. The molecule has 1 aliphatic rings. The molecular weight excluding hydrogens is 226 g/mol. The number of hydrogen-bond acceptors (Lipinski definition) is 4. The minimum atomic E-state index is -4.64. The Hall–Kier alpha value is 0.220. The first kappa shape index (κ1) is 13.2. The Morgan fingerprint density at radius 1 is 1.15 bits per heavy atom. The van der Waals surface area contributed by atoms with Gasteiger partial charge in [0.15, 0.2) is 0 Å².